The number of aromatic nitrogens is 1. The zero-order chi connectivity index (χ0) is 17.9. The number of halogens is 1. The summed E-state index contributed by atoms with van der Waals surface area (Å²) in [7, 11) is 0. The fourth-order valence-corrected chi connectivity index (χ4v) is 3.43. The average Bonchev–Trinajstić information content (AvgIpc) is 3.15. The van der Waals surface area contributed by atoms with Crippen molar-refractivity contribution in [2.24, 2.45) is 10.7 Å². The van der Waals surface area contributed by atoms with Crippen LogP contribution in [0.4, 0.5) is 9.52 Å². The second-order valence-corrected chi connectivity index (χ2v) is 7.12. The molecule has 1 aliphatic rings. The molecule has 0 saturated carbocycles. The van der Waals surface area contributed by atoms with E-state index in [-0.39, 0.29) is 12.4 Å². The Morgan fingerprint density at radius 2 is 2.00 bits per heavy atom. The van der Waals surface area contributed by atoms with Gasteiger partial charge < -0.3 is 20.6 Å². The molecular weight excluding hydrogens is 341 g/mol. The van der Waals surface area contributed by atoms with Crippen molar-refractivity contribution in [1.82, 2.24) is 9.88 Å². The number of nitrogens with zero attached hydrogens (tertiary/aromatic N) is 4. The minimum Gasteiger partial charge on any atom is -0.384 e. The number of aliphatic imine (C=N–C) groups is 1. The van der Waals surface area contributed by atoms with Crippen molar-refractivity contribution >= 4 is 22.4 Å². The van der Waals surface area contributed by atoms with E-state index in [0.29, 0.717) is 11.5 Å². The van der Waals surface area contributed by atoms with Crippen LogP contribution in [0.3, 0.4) is 0 Å². The minimum atomic E-state index is -1.19. The number of benzene rings is 1. The largest absolute Gasteiger partial charge is 0.384 e. The third-order valence-electron chi connectivity index (χ3n) is 4.31. The van der Waals surface area contributed by atoms with Crippen molar-refractivity contribution in [1.29, 1.82) is 0 Å². The van der Waals surface area contributed by atoms with E-state index in [1.54, 1.807) is 36.6 Å². The summed E-state index contributed by atoms with van der Waals surface area (Å²) >= 11 is 1.63. The Kier molecular flexibility index (Phi) is 5.19. The summed E-state index contributed by atoms with van der Waals surface area (Å²) in [6.45, 7) is 4.95. The maximum Gasteiger partial charge on any atom is 0.191 e. The Bertz CT molecular complexity index is 709. The Balaban J connectivity index is 1.57. The van der Waals surface area contributed by atoms with Crippen molar-refractivity contribution in [2.45, 2.75) is 12.5 Å². The van der Waals surface area contributed by atoms with Gasteiger partial charge in [-0.15, -0.1) is 11.3 Å². The highest BCUT2D eigenvalue weighted by atomic mass is 32.1. The molecule has 1 atom stereocenters. The SMILES string of the molecule is CC(O)(CN=C(N)N1CCN(c2nccs2)CC1)c1ccc(F)cc1. The van der Waals surface area contributed by atoms with Gasteiger partial charge in [-0.3, -0.25) is 0 Å². The summed E-state index contributed by atoms with van der Waals surface area (Å²) < 4.78 is 13.0. The quantitative estimate of drug-likeness (QED) is 0.638. The van der Waals surface area contributed by atoms with E-state index in [4.69, 9.17) is 5.73 Å². The van der Waals surface area contributed by atoms with Gasteiger partial charge in [-0.1, -0.05) is 12.1 Å². The first-order chi connectivity index (χ1) is 12.0. The first-order valence-electron chi connectivity index (χ1n) is 8.13. The van der Waals surface area contributed by atoms with Crippen molar-refractivity contribution in [2.75, 3.05) is 37.6 Å². The van der Waals surface area contributed by atoms with Crippen LogP contribution in [0.1, 0.15) is 12.5 Å². The molecule has 0 aliphatic carbocycles. The van der Waals surface area contributed by atoms with E-state index in [2.05, 4.69) is 14.9 Å². The van der Waals surface area contributed by atoms with Gasteiger partial charge in [0.15, 0.2) is 11.1 Å². The van der Waals surface area contributed by atoms with Gasteiger partial charge in [0.2, 0.25) is 0 Å². The number of aliphatic hydroxyl groups is 1. The van der Waals surface area contributed by atoms with Crippen LogP contribution in [0.5, 0.6) is 0 Å². The van der Waals surface area contributed by atoms with Crippen molar-refractivity contribution in [3.63, 3.8) is 0 Å². The van der Waals surface area contributed by atoms with E-state index in [1.807, 2.05) is 10.3 Å². The number of thiazole rings is 1. The van der Waals surface area contributed by atoms with Crippen LogP contribution in [-0.4, -0.2) is 53.7 Å². The summed E-state index contributed by atoms with van der Waals surface area (Å²) in [6, 6.07) is 5.78. The molecular formula is C17H22FN5OS. The number of hydrogen-bond donors (Lipinski definition) is 2. The van der Waals surface area contributed by atoms with Gasteiger partial charge in [-0.2, -0.15) is 0 Å². The number of anilines is 1. The Morgan fingerprint density at radius 1 is 1.32 bits per heavy atom. The highest BCUT2D eigenvalue weighted by molar-refractivity contribution is 7.13. The molecule has 1 aromatic carbocycles. The summed E-state index contributed by atoms with van der Waals surface area (Å²) in [5, 5.41) is 13.6. The number of nitrogens with two attached hydrogens (primary N) is 1. The third-order valence-corrected chi connectivity index (χ3v) is 5.14. The maximum atomic E-state index is 13.0. The van der Waals surface area contributed by atoms with Crippen LogP contribution in [0.2, 0.25) is 0 Å². The molecule has 3 rings (SSSR count). The fourth-order valence-electron chi connectivity index (χ4n) is 2.73. The monoisotopic (exact) mass is 363 g/mol. The zero-order valence-corrected chi connectivity index (χ0v) is 14.9. The van der Waals surface area contributed by atoms with Crippen molar-refractivity contribution in [3.05, 3.63) is 47.2 Å². The Labute approximate surface area is 150 Å². The van der Waals surface area contributed by atoms with E-state index in [1.165, 1.54) is 12.1 Å². The van der Waals surface area contributed by atoms with Gasteiger partial charge in [0, 0.05) is 37.8 Å². The molecule has 134 valence electrons. The summed E-state index contributed by atoms with van der Waals surface area (Å²) in [5.74, 6) is 0.0850. The molecule has 1 unspecified atom stereocenters. The van der Waals surface area contributed by atoms with Crippen LogP contribution in [0.15, 0.2) is 40.8 Å². The van der Waals surface area contributed by atoms with E-state index in [9.17, 15) is 9.50 Å². The summed E-state index contributed by atoms with van der Waals surface area (Å²) in [6.07, 6.45) is 1.81. The molecule has 0 radical (unpaired) electrons. The lowest BCUT2D eigenvalue weighted by Crippen LogP contribution is -2.51. The summed E-state index contributed by atoms with van der Waals surface area (Å²) in [4.78, 5) is 12.9. The molecule has 0 spiro atoms. The van der Waals surface area contributed by atoms with Gasteiger partial charge in [0.1, 0.15) is 11.4 Å². The average molecular weight is 363 g/mol. The molecule has 1 fully saturated rings. The lowest BCUT2D eigenvalue weighted by molar-refractivity contribution is 0.0669. The molecule has 2 aromatic rings. The molecule has 0 amide bonds. The third kappa shape index (κ3) is 4.26. The molecule has 6 nitrogen and oxygen atoms in total. The molecule has 1 aromatic heterocycles. The number of rotatable bonds is 4. The fraction of sp³-hybridized carbons (Fsp3) is 0.412. The Morgan fingerprint density at radius 3 is 2.60 bits per heavy atom. The molecule has 0 bridgehead atoms. The standard InChI is InChI=1S/C17H22FN5OS/c1-17(24,13-2-4-14(18)5-3-13)12-21-15(19)22-7-9-23(10-8-22)16-20-6-11-25-16/h2-6,11,24H,7-10,12H2,1H3,(H2,19,21). The van der Waals surface area contributed by atoms with Crippen LogP contribution in [-0.2, 0) is 5.60 Å². The molecule has 1 aliphatic heterocycles. The van der Waals surface area contributed by atoms with Gasteiger partial charge >= 0.3 is 0 Å². The second kappa shape index (κ2) is 7.37. The summed E-state index contributed by atoms with van der Waals surface area (Å²) in [5.41, 5.74) is 5.51. The van der Waals surface area contributed by atoms with Crippen LogP contribution < -0.4 is 10.6 Å². The van der Waals surface area contributed by atoms with Gasteiger partial charge in [-0.05, 0) is 24.6 Å². The van der Waals surface area contributed by atoms with Gasteiger partial charge in [0.05, 0.1) is 6.54 Å². The Hall–Kier alpha value is -2.19. The second-order valence-electron chi connectivity index (χ2n) is 6.24. The maximum absolute atomic E-state index is 13.0. The van der Waals surface area contributed by atoms with Gasteiger partial charge in [0.25, 0.3) is 0 Å². The lowest BCUT2D eigenvalue weighted by Gasteiger charge is -2.35. The van der Waals surface area contributed by atoms with Crippen molar-refractivity contribution in [3.8, 4) is 0 Å². The molecule has 3 N–H and O–H groups in total. The van der Waals surface area contributed by atoms with Crippen LogP contribution >= 0.6 is 11.3 Å². The van der Waals surface area contributed by atoms with E-state index >= 15 is 0 Å². The molecule has 8 heteroatoms. The number of piperazine rings is 1. The van der Waals surface area contributed by atoms with Crippen LogP contribution in [0, 0.1) is 5.82 Å². The first-order valence-corrected chi connectivity index (χ1v) is 9.01. The highest BCUT2D eigenvalue weighted by Gasteiger charge is 2.24. The normalized spacial score (nSPS) is 18.3. The lowest BCUT2D eigenvalue weighted by atomic mass is 9.96. The predicted molar refractivity (Wildman–Crippen MR) is 98.4 cm³/mol. The number of guanidine groups is 1. The molecule has 25 heavy (non-hydrogen) atoms. The van der Waals surface area contributed by atoms with Gasteiger partial charge in [-0.25, -0.2) is 14.4 Å². The van der Waals surface area contributed by atoms with Crippen molar-refractivity contribution < 1.29 is 9.50 Å². The van der Waals surface area contributed by atoms with Crippen LogP contribution in [0.25, 0.3) is 0 Å². The number of hydrogen-bond acceptors (Lipinski definition) is 5. The topological polar surface area (TPSA) is 78.0 Å². The van der Waals surface area contributed by atoms with E-state index in [0.717, 1.165) is 31.3 Å². The minimum absolute atomic E-state index is 0.122. The van der Waals surface area contributed by atoms with E-state index < -0.39 is 5.60 Å². The molecule has 2 heterocycles. The highest BCUT2D eigenvalue weighted by Crippen LogP contribution is 2.22. The zero-order valence-electron chi connectivity index (χ0n) is 14.1. The molecule has 1 saturated heterocycles. The first kappa shape index (κ1) is 17.6. The predicted octanol–water partition coefficient (Wildman–Crippen LogP) is 1.63. The smallest absolute Gasteiger partial charge is 0.191 e.